The normalized spacial score (nSPS) is 12.9. The van der Waals surface area contributed by atoms with Gasteiger partial charge in [-0.05, 0) is 0 Å². The summed E-state index contributed by atoms with van der Waals surface area (Å²) >= 11 is -0.0535. The van der Waals surface area contributed by atoms with E-state index in [2.05, 4.69) is 12.1 Å². The Kier molecular flexibility index (Phi) is 7.28. The molecule has 2 aromatic rings. The van der Waals surface area contributed by atoms with Crippen LogP contribution in [0.1, 0.15) is 25.3 Å². The average Bonchev–Trinajstić information content (AvgIpc) is 2.58. The van der Waals surface area contributed by atoms with Gasteiger partial charge in [-0.2, -0.15) is 0 Å². The summed E-state index contributed by atoms with van der Waals surface area (Å²) in [6.07, 6.45) is 3.96. The molecule has 0 fully saturated rings. The van der Waals surface area contributed by atoms with Gasteiger partial charge < -0.3 is 0 Å². The molecular formula is C20H22O2Se. The number of rotatable bonds is 8. The van der Waals surface area contributed by atoms with Crippen molar-refractivity contribution in [3.63, 3.8) is 0 Å². The van der Waals surface area contributed by atoms with Gasteiger partial charge in [0.15, 0.2) is 0 Å². The number of carbonyl (C=O) groups is 1. The number of aryl methyl sites for hydroxylation is 1. The van der Waals surface area contributed by atoms with E-state index in [9.17, 15) is 9.90 Å². The summed E-state index contributed by atoms with van der Waals surface area (Å²) in [7, 11) is 0. The zero-order chi connectivity index (χ0) is 16.5. The first-order valence-corrected chi connectivity index (χ1v) is 9.57. The van der Waals surface area contributed by atoms with E-state index < -0.39 is 6.10 Å². The van der Waals surface area contributed by atoms with Crippen LogP contribution in [0.3, 0.4) is 0 Å². The number of hydrogen-bond donors (Lipinski definition) is 1. The molecule has 1 atom stereocenters. The summed E-state index contributed by atoms with van der Waals surface area (Å²) in [4.78, 5) is 12.2. The van der Waals surface area contributed by atoms with Crippen molar-refractivity contribution < 1.29 is 9.90 Å². The first kappa shape index (κ1) is 17.7. The Morgan fingerprint density at radius 1 is 1.09 bits per heavy atom. The maximum atomic E-state index is 12.2. The standard InChI is InChI=1S/C20H22O2Se/c1-16(21)20(22)19(23-18-13-6-3-7-14-18)15-9-8-12-17-10-4-2-5-11-17/h2-7,10-11,13-16,21H,8-9,12H2,1H3/b19-15-. The molecule has 0 radical (unpaired) electrons. The number of Topliss-reactive ketones (excluding diaryl/α,β-unsaturated/α-hetero) is 1. The van der Waals surface area contributed by atoms with Crippen molar-refractivity contribution in [2.24, 2.45) is 0 Å². The number of hydrogen-bond acceptors (Lipinski definition) is 2. The van der Waals surface area contributed by atoms with Gasteiger partial charge in [0.25, 0.3) is 0 Å². The first-order chi connectivity index (χ1) is 11.2. The number of ketones is 1. The van der Waals surface area contributed by atoms with Gasteiger partial charge in [0.2, 0.25) is 0 Å². The van der Waals surface area contributed by atoms with Gasteiger partial charge in [-0.15, -0.1) is 0 Å². The van der Waals surface area contributed by atoms with Crippen molar-refractivity contribution in [3.8, 4) is 0 Å². The van der Waals surface area contributed by atoms with Gasteiger partial charge in [-0.25, -0.2) is 0 Å². The van der Waals surface area contributed by atoms with Crippen LogP contribution in [0.5, 0.6) is 0 Å². The molecule has 1 unspecified atom stereocenters. The quantitative estimate of drug-likeness (QED) is 0.439. The van der Waals surface area contributed by atoms with Crippen LogP contribution in [0.15, 0.2) is 71.2 Å². The van der Waals surface area contributed by atoms with Crippen molar-refractivity contribution in [2.45, 2.75) is 32.3 Å². The van der Waals surface area contributed by atoms with Gasteiger partial charge in [0.05, 0.1) is 0 Å². The van der Waals surface area contributed by atoms with Crippen molar-refractivity contribution >= 4 is 25.2 Å². The van der Waals surface area contributed by atoms with Crippen LogP contribution in [-0.4, -0.2) is 32.0 Å². The Balaban J connectivity index is 1.97. The second-order valence-electron chi connectivity index (χ2n) is 5.40. The molecular weight excluding hydrogens is 351 g/mol. The van der Waals surface area contributed by atoms with Crippen LogP contribution in [0, 0.1) is 0 Å². The molecule has 2 nitrogen and oxygen atoms in total. The molecule has 2 rings (SSSR count). The minimum absolute atomic E-state index is 0.0535. The average molecular weight is 373 g/mol. The van der Waals surface area contributed by atoms with E-state index in [4.69, 9.17) is 0 Å². The summed E-state index contributed by atoms with van der Waals surface area (Å²) < 4.78 is 1.93. The molecule has 0 saturated carbocycles. The fourth-order valence-corrected chi connectivity index (χ4v) is 4.34. The van der Waals surface area contributed by atoms with Crippen molar-refractivity contribution in [3.05, 3.63) is 76.8 Å². The van der Waals surface area contributed by atoms with E-state index in [1.54, 1.807) is 6.92 Å². The van der Waals surface area contributed by atoms with Gasteiger partial charge in [-0.1, -0.05) is 0 Å². The minimum atomic E-state index is -0.930. The van der Waals surface area contributed by atoms with Crippen LogP contribution >= 0.6 is 0 Å². The second-order valence-corrected chi connectivity index (χ2v) is 7.74. The van der Waals surface area contributed by atoms with E-state index >= 15 is 0 Å². The Labute approximate surface area is 144 Å². The molecule has 0 heterocycles. The summed E-state index contributed by atoms with van der Waals surface area (Å²) in [5.41, 5.74) is 1.32. The van der Waals surface area contributed by atoms with Crippen LogP contribution in [0.4, 0.5) is 0 Å². The molecule has 1 N–H and O–H groups in total. The van der Waals surface area contributed by atoms with Crippen molar-refractivity contribution in [1.29, 1.82) is 0 Å². The maximum absolute atomic E-state index is 12.2. The first-order valence-electron chi connectivity index (χ1n) is 7.86. The van der Waals surface area contributed by atoms with E-state index in [1.807, 2.05) is 54.6 Å². The molecule has 0 aliphatic rings. The van der Waals surface area contributed by atoms with E-state index in [0.29, 0.717) is 0 Å². The van der Waals surface area contributed by atoms with Crippen LogP contribution in [-0.2, 0) is 11.2 Å². The Morgan fingerprint density at radius 3 is 2.30 bits per heavy atom. The van der Waals surface area contributed by atoms with E-state index in [-0.39, 0.29) is 20.7 Å². The molecule has 0 spiro atoms. The number of unbranched alkanes of at least 4 members (excludes halogenated alkanes) is 1. The molecule has 3 heteroatoms. The number of aliphatic hydroxyl groups excluding tert-OH is 1. The molecule has 0 aliphatic heterocycles. The Hall–Kier alpha value is -1.67. The summed E-state index contributed by atoms with van der Waals surface area (Å²) in [6.45, 7) is 1.54. The van der Waals surface area contributed by atoms with Gasteiger partial charge in [0, 0.05) is 0 Å². The SMILES string of the molecule is CC(O)C(=O)/C(=C/CCCc1ccccc1)[Se]c1ccccc1. The topological polar surface area (TPSA) is 37.3 Å². The van der Waals surface area contributed by atoms with Gasteiger partial charge in [0.1, 0.15) is 0 Å². The Morgan fingerprint density at radius 2 is 1.70 bits per heavy atom. The third-order valence-electron chi connectivity index (χ3n) is 3.44. The van der Waals surface area contributed by atoms with Crippen molar-refractivity contribution in [1.82, 2.24) is 0 Å². The fraction of sp³-hybridized carbons (Fsp3) is 0.250. The summed E-state index contributed by atoms with van der Waals surface area (Å²) in [5, 5.41) is 9.62. The van der Waals surface area contributed by atoms with Crippen LogP contribution in [0.2, 0.25) is 0 Å². The third-order valence-corrected chi connectivity index (χ3v) is 5.73. The Bertz CT molecular complexity index is 633. The fourth-order valence-electron chi connectivity index (χ4n) is 2.20. The molecule has 0 aliphatic carbocycles. The molecule has 0 saturated heterocycles. The third kappa shape index (κ3) is 6.15. The molecule has 0 aromatic heterocycles. The van der Waals surface area contributed by atoms with Crippen LogP contribution < -0.4 is 4.46 Å². The number of allylic oxidation sites excluding steroid dienone is 1. The summed E-state index contributed by atoms with van der Waals surface area (Å²) in [6, 6.07) is 20.4. The number of carbonyl (C=O) groups excluding carboxylic acids is 1. The number of benzene rings is 2. The van der Waals surface area contributed by atoms with Gasteiger partial charge in [-0.3, -0.25) is 0 Å². The zero-order valence-electron chi connectivity index (χ0n) is 13.3. The molecule has 0 bridgehead atoms. The van der Waals surface area contributed by atoms with Crippen molar-refractivity contribution in [2.75, 3.05) is 0 Å². The van der Waals surface area contributed by atoms with E-state index in [1.165, 1.54) is 5.56 Å². The summed E-state index contributed by atoms with van der Waals surface area (Å²) in [5.74, 6) is -0.145. The predicted octanol–water partition coefficient (Wildman–Crippen LogP) is 2.87. The zero-order valence-corrected chi connectivity index (χ0v) is 15.0. The van der Waals surface area contributed by atoms with Crippen LogP contribution in [0.25, 0.3) is 0 Å². The molecule has 0 amide bonds. The predicted molar refractivity (Wildman–Crippen MR) is 96.0 cm³/mol. The molecule has 23 heavy (non-hydrogen) atoms. The van der Waals surface area contributed by atoms with E-state index in [0.717, 1.165) is 28.2 Å². The monoisotopic (exact) mass is 374 g/mol. The second kappa shape index (κ2) is 9.46. The number of aliphatic hydroxyl groups is 1. The molecule has 120 valence electrons. The van der Waals surface area contributed by atoms with Gasteiger partial charge >= 0.3 is 144 Å². The molecule has 2 aromatic carbocycles.